The smallest absolute Gasteiger partial charge is 0.338 e. The van der Waals surface area contributed by atoms with E-state index in [1.54, 1.807) is 52.0 Å². The summed E-state index contributed by atoms with van der Waals surface area (Å²) >= 11 is 0. The summed E-state index contributed by atoms with van der Waals surface area (Å²) in [5, 5.41) is 47.0. The van der Waals surface area contributed by atoms with Crippen molar-refractivity contribution in [3.63, 3.8) is 0 Å². The SMILES string of the molecule is CC(=O)O[C@H]1CC(C)[C@@](C)(C(=O)[C@@H](C)OC(C)=O)C(C(OC(=O)c2ccccc2)[C@]2(O)C[C@H](O)C(C)=CC2(C)C)[C@]1(O)CO. The first-order chi connectivity index (χ1) is 20.3. The number of ether oxygens (including phenoxy) is 3. The second-order valence-corrected chi connectivity index (χ2v) is 13.2. The molecule has 0 saturated heterocycles. The summed E-state index contributed by atoms with van der Waals surface area (Å²) in [6.45, 7) is 10.8. The maximum atomic E-state index is 14.4. The van der Waals surface area contributed by atoms with E-state index in [0.717, 1.165) is 13.8 Å². The van der Waals surface area contributed by atoms with Crippen molar-refractivity contribution in [2.75, 3.05) is 6.61 Å². The van der Waals surface area contributed by atoms with Crippen LogP contribution in [0.15, 0.2) is 42.0 Å². The van der Waals surface area contributed by atoms with Crippen LogP contribution in [0.25, 0.3) is 0 Å². The third-order valence-corrected chi connectivity index (χ3v) is 9.89. The topological polar surface area (TPSA) is 177 Å². The summed E-state index contributed by atoms with van der Waals surface area (Å²) in [6, 6.07) is 7.89. The van der Waals surface area contributed by atoms with E-state index in [2.05, 4.69) is 0 Å². The Bertz CT molecular complexity index is 1290. The van der Waals surface area contributed by atoms with E-state index in [1.807, 2.05) is 0 Å². The highest BCUT2D eigenvalue weighted by Gasteiger charge is 2.71. The molecule has 4 N–H and O–H groups in total. The van der Waals surface area contributed by atoms with Crippen molar-refractivity contribution in [1.82, 2.24) is 0 Å². The molecule has 0 amide bonds. The highest BCUT2D eigenvalue weighted by Crippen LogP contribution is 2.59. The molecule has 9 atom stereocenters. The molecule has 3 unspecified atom stereocenters. The number of hydrogen-bond donors (Lipinski definition) is 4. The van der Waals surface area contributed by atoms with Gasteiger partial charge in [-0.25, -0.2) is 4.79 Å². The molecule has 0 spiro atoms. The van der Waals surface area contributed by atoms with Crippen LogP contribution in [0, 0.1) is 22.7 Å². The lowest BCUT2D eigenvalue weighted by Crippen LogP contribution is -2.74. The summed E-state index contributed by atoms with van der Waals surface area (Å²) in [5.41, 5.74) is -6.91. The zero-order valence-corrected chi connectivity index (χ0v) is 26.7. The van der Waals surface area contributed by atoms with Crippen molar-refractivity contribution < 1.29 is 53.8 Å². The zero-order chi connectivity index (χ0) is 33.4. The summed E-state index contributed by atoms with van der Waals surface area (Å²) in [4.78, 5) is 52.2. The molecule has 1 fully saturated rings. The monoisotopic (exact) mass is 618 g/mol. The first kappa shape index (κ1) is 35.4. The van der Waals surface area contributed by atoms with Crippen LogP contribution in [0.2, 0.25) is 0 Å². The molecule has 3 rings (SSSR count). The maximum Gasteiger partial charge on any atom is 0.338 e. The first-order valence-electron chi connectivity index (χ1n) is 14.8. The molecule has 1 saturated carbocycles. The van der Waals surface area contributed by atoms with Crippen LogP contribution in [-0.4, -0.2) is 86.3 Å². The Kier molecular flexibility index (Phi) is 10.2. The number of aliphatic hydroxyl groups is 4. The number of rotatable bonds is 9. The molecule has 0 bridgehead atoms. The first-order valence-corrected chi connectivity index (χ1v) is 14.8. The Morgan fingerprint density at radius 1 is 1.00 bits per heavy atom. The van der Waals surface area contributed by atoms with Gasteiger partial charge in [-0.1, -0.05) is 52.0 Å². The van der Waals surface area contributed by atoms with Crippen molar-refractivity contribution in [2.45, 2.75) is 104 Å². The fraction of sp³-hybridized carbons (Fsp3) is 0.636. The molecule has 11 heteroatoms. The van der Waals surface area contributed by atoms with Gasteiger partial charge in [0.15, 0.2) is 11.9 Å². The van der Waals surface area contributed by atoms with Gasteiger partial charge < -0.3 is 34.6 Å². The van der Waals surface area contributed by atoms with E-state index in [0.29, 0.717) is 5.57 Å². The molecule has 2 aliphatic carbocycles. The van der Waals surface area contributed by atoms with Crippen molar-refractivity contribution in [3.8, 4) is 0 Å². The number of Topliss-reactive ketones (excluding diaryl/α,β-unsaturated/α-hetero) is 1. The molecule has 0 radical (unpaired) electrons. The number of hydrogen-bond acceptors (Lipinski definition) is 11. The molecule has 1 aromatic rings. The van der Waals surface area contributed by atoms with Gasteiger partial charge in [-0.15, -0.1) is 0 Å². The highest BCUT2D eigenvalue weighted by atomic mass is 16.6. The predicted octanol–water partition coefficient (Wildman–Crippen LogP) is 2.52. The second-order valence-electron chi connectivity index (χ2n) is 13.2. The van der Waals surface area contributed by atoms with Gasteiger partial charge in [-0.3, -0.25) is 14.4 Å². The quantitative estimate of drug-likeness (QED) is 0.182. The second kappa shape index (κ2) is 12.7. The average Bonchev–Trinajstić information content (AvgIpc) is 2.93. The van der Waals surface area contributed by atoms with E-state index in [9.17, 15) is 39.6 Å². The lowest BCUT2D eigenvalue weighted by atomic mass is 9.47. The minimum atomic E-state index is -2.45. The van der Waals surface area contributed by atoms with E-state index in [4.69, 9.17) is 14.2 Å². The Labute approximate surface area is 258 Å². The van der Waals surface area contributed by atoms with E-state index >= 15 is 0 Å². The third-order valence-electron chi connectivity index (χ3n) is 9.89. The number of benzene rings is 1. The lowest BCUT2D eigenvalue weighted by Gasteiger charge is -2.61. The zero-order valence-electron chi connectivity index (χ0n) is 26.7. The summed E-state index contributed by atoms with van der Waals surface area (Å²) in [6.07, 6.45) is -4.48. The Hall–Kier alpha value is -3.12. The van der Waals surface area contributed by atoms with Crippen molar-refractivity contribution >= 4 is 23.7 Å². The fourth-order valence-electron chi connectivity index (χ4n) is 7.25. The number of ketones is 1. The van der Waals surface area contributed by atoms with Gasteiger partial charge in [-0.05, 0) is 43.9 Å². The molecule has 0 aromatic heterocycles. The van der Waals surface area contributed by atoms with Crippen molar-refractivity contribution in [1.29, 1.82) is 0 Å². The molecule has 1 aromatic carbocycles. The normalized spacial score (nSPS) is 34.6. The minimum Gasteiger partial charge on any atom is -0.459 e. The lowest BCUT2D eigenvalue weighted by molar-refractivity contribution is -0.274. The van der Waals surface area contributed by atoms with Crippen LogP contribution in [0.5, 0.6) is 0 Å². The predicted molar refractivity (Wildman–Crippen MR) is 158 cm³/mol. The highest BCUT2D eigenvalue weighted by molar-refractivity contribution is 5.92. The van der Waals surface area contributed by atoms with Crippen molar-refractivity contribution in [3.05, 3.63) is 47.5 Å². The standard InChI is InChI=1S/C33H46O11/c1-18-15-30(6,7)33(41,16-24(18)37)28(44-29(39)23-12-10-9-11-13-23)26-31(8,27(38)20(3)42-21(4)35)19(2)14-25(43-22(5)36)32(26,40)17-34/h9-13,15,19-20,24-26,28,34,37,40-41H,14,16-17H2,1-8H3/t19?,20-,24+,25+,26?,28?,31-,32+,33-/m1/s1. The molecule has 2 aliphatic rings. The average molecular weight is 619 g/mol. The van der Waals surface area contributed by atoms with Crippen LogP contribution in [0.3, 0.4) is 0 Å². The largest absolute Gasteiger partial charge is 0.459 e. The number of carbonyl (C=O) groups is 4. The van der Waals surface area contributed by atoms with E-state index < -0.39 is 88.6 Å². The Morgan fingerprint density at radius 3 is 2.11 bits per heavy atom. The number of carbonyl (C=O) groups excluding carboxylic acids is 4. The van der Waals surface area contributed by atoms with Gasteiger partial charge in [0, 0.05) is 37.0 Å². The molecule has 244 valence electrons. The van der Waals surface area contributed by atoms with Gasteiger partial charge in [0.25, 0.3) is 0 Å². The number of esters is 3. The summed E-state index contributed by atoms with van der Waals surface area (Å²) in [7, 11) is 0. The molecule has 44 heavy (non-hydrogen) atoms. The van der Waals surface area contributed by atoms with Gasteiger partial charge in [0.2, 0.25) is 0 Å². The minimum absolute atomic E-state index is 0.0923. The molecule has 11 nitrogen and oxygen atoms in total. The molecule has 0 heterocycles. The Balaban J connectivity index is 2.40. The Morgan fingerprint density at radius 2 is 1.59 bits per heavy atom. The van der Waals surface area contributed by atoms with Crippen LogP contribution < -0.4 is 0 Å². The van der Waals surface area contributed by atoms with Crippen LogP contribution in [-0.2, 0) is 28.6 Å². The molecular weight excluding hydrogens is 572 g/mol. The van der Waals surface area contributed by atoms with Crippen LogP contribution >= 0.6 is 0 Å². The third kappa shape index (κ3) is 6.20. The molecule has 0 aliphatic heterocycles. The van der Waals surface area contributed by atoms with Crippen LogP contribution in [0.4, 0.5) is 0 Å². The van der Waals surface area contributed by atoms with E-state index in [1.165, 1.54) is 26.0 Å². The number of aliphatic hydroxyl groups excluding tert-OH is 2. The molecular formula is C33H46O11. The van der Waals surface area contributed by atoms with Gasteiger partial charge in [0.05, 0.1) is 18.3 Å². The van der Waals surface area contributed by atoms with Gasteiger partial charge in [0.1, 0.15) is 23.4 Å². The fourth-order valence-corrected chi connectivity index (χ4v) is 7.25. The summed E-state index contributed by atoms with van der Waals surface area (Å²) < 4.78 is 16.9. The summed E-state index contributed by atoms with van der Waals surface area (Å²) in [5.74, 6) is -5.43. The van der Waals surface area contributed by atoms with Crippen LogP contribution in [0.1, 0.15) is 78.6 Å². The van der Waals surface area contributed by atoms with Gasteiger partial charge >= 0.3 is 17.9 Å². The van der Waals surface area contributed by atoms with Crippen molar-refractivity contribution in [2.24, 2.45) is 22.7 Å². The maximum absolute atomic E-state index is 14.4. The van der Waals surface area contributed by atoms with E-state index in [-0.39, 0.29) is 18.4 Å². The van der Waals surface area contributed by atoms with Gasteiger partial charge in [-0.2, -0.15) is 0 Å².